The molecule has 1 heterocycles. The Morgan fingerprint density at radius 2 is 1.96 bits per heavy atom. The lowest BCUT2D eigenvalue weighted by Crippen LogP contribution is -2.43. The average molecular weight is 471 g/mol. The smallest absolute Gasteiger partial charge is 0.191 e. The van der Waals surface area contributed by atoms with Crippen LogP contribution in [0, 0.1) is 0 Å². The van der Waals surface area contributed by atoms with Crippen LogP contribution in [-0.2, 0) is 12.0 Å². The fourth-order valence-electron chi connectivity index (χ4n) is 2.55. The molecule has 2 unspecified atom stereocenters. The number of rotatable bonds is 8. The molecule has 0 aliphatic carbocycles. The van der Waals surface area contributed by atoms with Crippen LogP contribution in [0.2, 0.25) is 0 Å². The maximum atomic E-state index is 10.5. The molecule has 1 aromatic carbocycles. The van der Waals surface area contributed by atoms with E-state index < -0.39 is 5.60 Å². The largest absolute Gasteiger partial charge is 0.466 e. The number of benzene rings is 1. The van der Waals surface area contributed by atoms with Crippen molar-refractivity contribution in [3.05, 3.63) is 60.1 Å². The number of furan rings is 1. The highest BCUT2D eigenvalue weighted by Crippen LogP contribution is 2.21. The van der Waals surface area contributed by atoms with Crippen molar-refractivity contribution in [2.24, 2.45) is 4.99 Å². The van der Waals surface area contributed by atoms with Gasteiger partial charge in [0.05, 0.1) is 12.8 Å². The molecule has 0 saturated carbocycles. The second-order valence-corrected chi connectivity index (χ2v) is 6.52. The lowest BCUT2D eigenvalue weighted by Gasteiger charge is -2.21. The maximum absolute atomic E-state index is 10.5. The quantitative estimate of drug-likeness (QED) is 0.312. The van der Waals surface area contributed by atoms with Crippen molar-refractivity contribution >= 4 is 29.9 Å². The molecule has 0 aliphatic heterocycles. The van der Waals surface area contributed by atoms with E-state index in [1.54, 1.807) is 25.3 Å². The van der Waals surface area contributed by atoms with Crippen molar-refractivity contribution < 1.29 is 9.52 Å². The van der Waals surface area contributed by atoms with Gasteiger partial charge in [-0.25, -0.2) is 4.99 Å². The van der Waals surface area contributed by atoms with Gasteiger partial charge in [0.2, 0.25) is 0 Å². The predicted molar refractivity (Wildman–Crippen MR) is 117 cm³/mol. The summed E-state index contributed by atoms with van der Waals surface area (Å²) < 4.78 is 5.30. The van der Waals surface area contributed by atoms with Crippen molar-refractivity contribution in [2.45, 2.75) is 45.3 Å². The normalized spacial score (nSPS) is 14.8. The Balaban J connectivity index is 0.00000338. The van der Waals surface area contributed by atoms with Gasteiger partial charge in [0.1, 0.15) is 11.4 Å². The van der Waals surface area contributed by atoms with E-state index in [0.29, 0.717) is 11.7 Å². The minimum Gasteiger partial charge on any atom is -0.466 e. The van der Waals surface area contributed by atoms with Crippen molar-refractivity contribution in [1.82, 2.24) is 10.6 Å². The maximum Gasteiger partial charge on any atom is 0.191 e. The number of nitrogens with one attached hydrogen (secondary N) is 2. The Labute approximate surface area is 173 Å². The fraction of sp³-hybridized carbons (Fsp3) is 0.450. The molecule has 1 aromatic heterocycles. The molecule has 5 nitrogen and oxygen atoms in total. The molecule has 0 bridgehead atoms. The van der Waals surface area contributed by atoms with Crippen LogP contribution in [0.1, 0.15) is 38.5 Å². The van der Waals surface area contributed by atoms with Crippen LogP contribution >= 0.6 is 24.0 Å². The van der Waals surface area contributed by atoms with Crippen molar-refractivity contribution in [1.29, 1.82) is 0 Å². The Kier molecular flexibility index (Phi) is 9.72. The van der Waals surface area contributed by atoms with Crippen LogP contribution in [-0.4, -0.2) is 30.2 Å². The molecule has 0 fully saturated rings. The minimum absolute atomic E-state index is 0. The molecule has 2 atom stereocenters. The van der Waals surface area contributed by atoms with Gasteiger partial charge in [0.25, 0.3) is 0 Å². The molecule has 2 rings (SSSR count). The van der Waals surface area contributed by atoms with Crippen LogP contribution in [0.5, 0.6) is 0 Å². The summed E-state index contributed by atoms with van der Waals surface area (Å²) in [5.74, 6) is 1.22. The minimum atomic E-state index is -1.13. The number of nitrogens with zero attached hydrogens (tertiary/aromatic N) is 1. The van der Waals surface area contributed by atoms with Crippen LogP contribution < -0.4 is 10.6 Å². The highest BCUT2D eigenvalue weighted by Gasteiger charge is 2.26. The molecule has 0 radical (unpaired) electrons. The third-order valence-electron chi connectivity index (χ3n) is 4.03. The summed E-state index contributed by atoms with van der Waals surface area (Å²) in [4.78, 5) is 4.52. The lowest BCUT2D eigenvalue weighted by atomic mass is 10.0. The van der Waals surface area contributed by atoms with Crippen LogP contribution in [0.15, 0.2) is 58.1 Å². The summed E-state index contributed by atoms with van der Waals surface area (Å²) >= 11 is 0. The molecule has 2 aromatic rings. The third kappa shape index (κ3) is 7.37. The van der Waals surface area contributed by atoms with Crippen LogP contribution in [0.4, 0.5) is 0 Å². The molecule has 0 amide bonds. The molecule has 3 N–H and O–H groups in total. The second kappa shape index (κ2) is 11.2. The summed E-state index contributed by atoms with van der Waals surface area (Å²) in [7, 11) is 0. The van der Waals surface area contributed by atoms with E-state index in [0.717, 1.165) is 19.4 Å². The van der Waals surface area contributed by atoms with Gasteiger partial charge < -0.3 is 20.2 Å². The second-order valence-electron chi connectivity index (χ2n) is 6.52. The van der Waals surface area contributed by atoms with E-state index in [1.165, 1.54) is 5.56 Å². The van der Waals surface area contributed by atoms with Gasteiger partial charge in [-0.2, -0.15) is 0 Å². The number of aliphatic imine (C=N–C) groups is 1. The first kappa shape index (κ1) is 22.5. The predicted octanol–water partition coefficient (Wildman–Crippen LogP) is 3.68. The summed E-state index contributed by atoms with van der Waals surface area (Å²) in [5, 5.41) is 17.2. The van der Waals surface area contributed by atoms with Gasteiger partial charge in [-0.1, -0.05) is 30.3 Å². The number of aliphatic hydroxyl groups is 1. The van der Waals surface area contributed by atoms with Gasteiger partial charge in [0, 0.05) is 12.6 Å². The van der Waals surface area contributed by atoms with Crippen LogP contribution in [0.3, 0.4) is 0 Å². The number of halogens is 1. The van der Waals surface area contributed by atoms with E-state index in [4.69, 9.17) is 4.42 Å². The van der Waals surface area contributed by atoms with Crippen molar-refractivity contribution in [3.8, 4) is 0 Å². The fourth-order valence-corrected chi connectivity index (χ4v) is 2.55. The zero-order valence-corrected chi connectivity index (χ0v) is 18.1. The molecule has 0 aliphatic rings. The van der Waals surface area contributed by atoms with E-state index >= 15 is 0 Å². The topological polar surface area (TPSA) is 69.8 Å². The Hall–Kier alpha value is -1.54. The van der Waals surface area contributed by atoms with E-state index in [1.807, 2.05) is 13.0 Å². The molecular formula is C20H30IN3O2. The summed E-state index contributed by atoms with van der Waals surface area (Å²) in [6, 6.07) is 14.3. The van der Waals surface area contributed by atoms with Gasteiger partial charge in [-0.15, -0.1) is 24.0 Å². The van der Waals surface area contributed by atoms with Crippen LogP contribution in [0.25, 0.3) is 0 Å². The van der Waals surface area contributed by atoms with Crippen molar-refractivity contribution in [2.75, 3.05) is 13.1 Å². The van der Waals surface area contributed by atoms with Gasteiger partial charge >= 0.3 is 0 Å². The Bertz CT molecular complexity index is 642. The third-order valence-corrected chi connectivity index (χ3v) is 4.03. The Morgan fingerprint density at radius 1 is 1.23 bits per heavy atom. The number of hydrogen-bond acceptors (Lipinski definition) is 3. The Morgan fingerprint density at radius 3 is 2.58 bits per heavy atom. The summed E-state index contributed by atoms with van der Waals surface area (Å²) in [6.07, 6.45) is 3.57. The monoisotopic (exact) mass is 471 g/mol. The number of guanidine groups is 1. The average Bonchev–Trinajstić information content (AvgIpc) is 3.15. The first-order valence-corrected chi connectivity index (χ1v) is 8.86. The lowest BCUT2D eigenvalue weighted by molar-refractivity contribution is 0.0436. The first-order chi connectivity index (χ1) is 12.0. The van der Waals surface area contributed by atoms with Gasteiger partial charge in [0.15, 0.2) is 5.96 Å². The van der Waals surface area contributed by atoms with Gasteiger partial charge in [-0.3, -0.25) is 0 Å². The van der Waals surface area contributed by atoms with Crippen molar-refractivity contribution in [3.63, 3.8) is 0 Å². The SMILES string of the molecule is CCNC(=NCC(C)(O)c1ccco1)NC(C)CCc1ccccc1.I. The molecule has 0 saturated heterocycles. The summed E-state index contributed by atoms with van der Waals surface area (Å²) in [6.45, 7) is 6.86. The molecule has 0 spiro atoms. The highest BCUT2D eigenvalue weighted by atomic mass is 127. The zero-order valence-electron chi connectivity index (χ0n) is 15.7. The van der Waals surface area contributed by atoms with E-state index in [-0.39, 0.29) is 36.6 Å². The van der Waals surface area contributed by atoms with Gasteiger partial charge in [-0.05, 0) is 51.3 Å². The molecule has 144 valence electrons. The first-order valence-electron chi connectivity index (χ1n) is 8.86. The van der Waals surface area contributed by atoms with E-state index in [9.17, 15) is 5.11 Å². The number of hydrogen-bond donors (Lipinski definition) is 3. The number of aryl methyl sites for hydroxylation is 1. The molecule has 6 heteroatoms. The summed E-state index contributed by atoms with van der Waals surface area (Å²) in [5.41, 5.74) is 0.206. The highest BCUT2D eigenvalue weighted by molar-refractivity contribution is 14.0. The zero-order chi connectivity index (χ0) is 18.1. The molecule has 26 heavy (non-hydrogen) atoms. The molecular weight excluding hydrogens is 441 g/mol. The standard InChI is InChI=1S/C20H29N3O2.HI/c1-4-21-19(22-15-20(3,24)18-11-8-14-25-18)23-16(2)12-13-17-9-6-5-7-10-17;/h5-11,14,16,24H,4,12-13,15H2,1-3H3,(H2,21,22,23);1H. The van der Waals surface area contributed by atoms with E-state index in [2.05, 4.69) is 46.8 Å².